The predicted molar refractivity (Wildman–Crippen MR) is 83.7 cm³/mol. The second-order valence-electron chi connectivity index (χ2n) is 4.93. The van der Waals surface area contributed by atoms with Crippen LogP contribution in [-0.2, 0) is 14.3 Å². The van der Waals surface area contributed by atoms with Crippen molar-refractivity contribution in [2.75, 3.05) is 11.6 Å². The first-order valence-electron chi connectivity index (χ1n) is 6.53. The average molecular weight is 345 g/mol. The van der Waals surface area contributed by atoms with Gasteiger partial charge in [-0.25, -0.2) is 14.6 Å². The summed E-state index contributed by atoms with van der Waals surface area (Å²) in [5, 5.41) is 15.5. The summed E-state index contributed by atoms with van der Waals surface area (Å²) in [5.74, 6) is -1.74. The van der Waals surface area contributed by atoms with Crippen molar-refractivity contribution in [1.29, 1.82) is 0 Å². The third-order valence-electron chi connectivity index (χ3n) is 3.32. The Kier molecular flexibility index (Phi) is 4.63. The molecule has 0 bridgehead atoms. The number of anilines is 1. The Bertz CT molecular complexity index is 662. The van der Waals surface area contributed by atoms with Crippen LogP contribution in [-0.4, -0.2) is 34.9 Å². The molecule has 0 unspecified atom stereocenters. The molecule has 1 aliphatic heterocycles. The maximum absolute atomic E-state index is 11.8. The van der Waals surface area contributed by atoms with Gasteiger partial charge < -0.3 is 9.84 Å². The van der Waals surface area contributed by atoms with E-state index >= 15 is 0 Å². The van der Waals surface area contributed by atoms with Crippen LogP contribution in [0.15, 0.2) is 23.3 Å². The summed E-state index contributed by atoms with van der Waals surface area (Å²) in [7, 11) is 0. The number of aliphatic carboxylic acids is 1. The summed E-state index contributed by atoms with van der Waals surface area (Å²) in [6, 6.07) is 4.63. The number of hydrogen-bond donors (Lipinski definition) is 1. The van der Waals surface area contributed by atoms with Crippen LogP contribution in [0.1, 0.15) is 20.3 Å². The average Bonchev–Trinajstić information content (AvgIpc) is 2.82. The molecule has 2 rings (SSSR count). The molecule has 1 aliphatic rings. The maximum Gasteiger partial charge on any atom is 0.354 e. The highest BCUT2D eigenvalue weighted by molar-refractivity contribution is 6.42. The minimum atomic E-state index is -1.40. The molecular weight excluding hydrogens is 331 g/mol. The lowest BCUT2D eigenvalue weighted by molar-refractivity contribution is -0.142. The number of nitrogens with zero attached hydrogens (tertiary/aromatic N) is 2. The molecular formula is C14H14Cl2N2O4. The Morgan fingerprint density at radius 2 is 2.09 bits per heavy atom. The molecule has 0 spiro atoms. The molecule has 8 heteroatoms. The zero-order valence-corrected chi connectivity index (χ0v) is 13.5. The quantitative estimate of drug-likeness (QED) is 0.849. The number of halogens is 2. The van der Waals surface area contributed by atoms with Crippen LogP contribution in [0.4, 0.5) is 5.69 Å². The molecule has 0 fully saturated rings. The van der Waals surface area contributed by atoms with E-state index in [-0.39, 0.29) is 23.8 Å². The molecule has 0 radical (unpaired) electrons. The highest BCUT2D eigenvalue weighted by Crippen LogP contribution is 2.36. The van der Waals surface area contributed by atoms with Crippen molar-refractivity contribution in [2.45, 2.75) is 25.8 Å². The van der Waals surface area contributed by atoms with Gasteiger partial charge in [0.2, 0.25) is 0 Å². The maximum atomic E-state index is 11.8. The summed E-state index contributed by atoms with van der Waals surface area (Å²) in [4.78, 5) is 23.5. The standard InChI is InChI=1S/C14H14Cl2N2O4/c1-3-22-12(19)11-7-14(2,13(20)21)18(17-11)8-4-5-9(15)10(16)6-8/h4-6H,3,7H2,1-2H3,(H,20,21)/t14-/m1/s1. The van der Waals surface area contributed by atoms with Crippen molar-refractivity contribution in [2.24, 2.45) is 5.10 Å². The molecule has 1 aromatic carbocycles. The van der Waals surface area contributed by atoms with Gasteiger partial charge in [0.1, 0.15) is 5.71 Å². The molecule has 0 saturated carbocycles. The van der Waals surface area contributed by atoms with Crippen molar-refractivity contribution in [1.82, 2.24) is 0 Å². The molecule has 1 heterocycles. The minimum Gasteiger partial charge on any atom is -0.479 e. The fraction of sp³-hybridized carbons (Fsp3) is 0.357. The Balaban J connectivity index is 2.45. The number of carboxylic acids is 1. The Hall–Kier alpha value is -1.79. The van der Waals surface area contributed by atoms with Gasteiger partial charge in [-0.3, -0.25) is 0 Å². The molecule has 0 aliphatic carbocycles. The van der Waals surface area contributed by atoms with E-state index in [4.69, 9.17) is 27.9 Å². The van der Waals surface area contributed by atoms with E-state index in [0.717, 1.165) is 0 Å². The van der Waals surface area contributed by atoms with Crippen LogP contribution >= 0.6 is 23.2 Å². The molecule has 1 atom stereocenters. The number of hydrazone groups is 1. The zero-order chi connectivity index (χ0) is 16.5. The second kappa shape index (κ2) is 6.14. The number of hydrogen-bond acceptors (Lipinski definition) is 5. The molecule has 118 valence electrons. The number of benzene rings is 1. The van der Waals surface area contributed by atoms with Crippen LogP contribution in [0.2, 0.25) is 10.0 Å². The summed E-state index contributed by atoms with van der Waals surface area (Å²) in [6.45, 7) is 3.34. The number of ether oxygens (including phenoxy) is 1. The molecule has 1 aromatic rings. The fourth-order valence-electron chi connectivity index (χ4n) is 2.12. The van der Waals surface area contributed by atoms with Gasteiger partial charge in [0.25, 0.3) is 0 Å². The number of carbonyl (C=O) groups excluding carboxylic acids is 1. The summed E-state index contributed by atoms with van der Waals surface area (Å²) in [5.41, 5.74) is -0.921. The summed E-state index contributed by atoms with van der Waals surface area (Å²) >= 11 is 11.8. The van der Waals surface area contributed by atoms with Crippen molar-refractivity contribution in [3.05, 3.63) is 28.2 Å². The lowest BCUT2D eigenvalue weighted by atomic mass is 9.95. The number of carboxylic acid groups (broad SMARTS) is 1. The molecule has 6 nitrogen and oxygen atoms in total. The molecule has 22 heavy (non-hydrogen) atoms. The van der Waals surface area contributed by atoms with Gasteiger partial charge in [-0.1, -0.05) is 23.2 Å². The van der Waals surface area contributed by atoms with Gasteiger partial charge in [-0.05, 0) is 32.0 Å². The number of carbonyl (C=O) groups is 2. The van der Waals surface area contributed by atoms with Crippen LogP contribution in [0.3, 0.4) is 0 Å². The van der Waals surface area contributed by atoms with Crippen LogP contribution in [0.5, 0.6) is 0 Å². The SMILES string of the molecule is CCOC(=O)C1=NN(c2ccc(Cl)c(Cl)c2)[C@@](C)(C(=O)O)C1. The lowest BCUT2D eigenvalue weighted by Gasteiger charge is -2.30. The van der Waals surface area contributed by atoms with Crippen LogP contribution in [0, 0.1) is 0 Å². The van der Waals surface area contributed by atoms with Crippen molar-refractivity contribution >= 4 is 46.5 Å². The van der Waals surface area contributed by atoms with Crippen molar-refractivity contribution in [3.63, 3.8) is 0 Å². The Morgan fingerprint density at radius 1 is 1.41 bits per heavy atom. The van der Waals surface area contributed by atoms with Gasteiger partial charge >= 0.3 is 11.9 Å². The Morgan fingerprint density at radius 3 is 2.64 bits per heavy atom. The van der Waals surface area contributed by atoms with E-state index in [1.165, 1.54) is 18.0 Å². The van der Waals surface area contributed by atoms with Crippen LogP contribution < -0.4 is 5.01 Å². The van der Waals surface area contributed by atoms with Gasteiger partial charge in [-0.15, -0.1) is 0 Å². The van der Waals surface area contributed by atoms with E-state index in [9.17, 15) is 14.7 Å². The smallest absolute Gasteiger partial charge is 0.354 e. The Labute approximate surface area is 137 Å². The van der Waals surface area contributed by atoms with E-state index < -0.39 is 17.5 Å². The highest BCUT2D eigenvalue weighted by atomic mass is 35.5. The molecule has 1 N–H and O–H groups in total. The van der Waals surface area contributed by atoms with Crippen molar-refractivity contribution < 1.29 is 19.4 Å². The van der Waals surface area contributed by atoms with Gasteiger partial charge in [0.15, 0.2) is 5.54 Å². The number of esters is 1. The van der Waals surface area contributed by atoms with E-state index in [1.54, 1.807) is 19.1 Å². The predicted octanol–water partition coefficient (Wildman–Crippen LogP) is 2.97. The summed E-state index contributed by atoms with van der Waals surface area (Å²) in [6.07, 6.45) is -0.0680. The van der Waals surface area contributed by atoms with E-state index in [1.807, 2.05) is 0 Å². The third kappa shape index (κ3) is 2.89. The monoisotopic (exact) mass is 344 g/mol. The largest absolute Gasteiger partial charge is 0.479 e. The molecule has 0 aromatic heterocycles. The third-order valence-corrected chi connectivity index (χ3v) is 4.06. The van der Waals surface area contributed by atoms with Gasteiger partial charge in [0.05, 0.1) is 22.3 Å². The summed E-state index contributed by atoms with van der Waals surface area (Å²) < 4.78 is 4.89. The lowest BCUT2D eigenvalue weighted by Crippen LogP contribution is -2.47. The van der Waals surface area contributed by atoms with E-state index in [2.05, 4.69) is 5.10 Å². The zero-order valence-electron chi connectivity index (χ0n) is 12.0. The van der Waals surface area contributed by atoms with Gasteiger partial charge in [0, 0.05) is 6.42 Å². The first-order chi connectivity index (χ1) is 10.3. The minimum absolute atomic E-state index is 0.0535. The van der Waals surface area contributed by atoms with Crippen molar-refractivity contribution in [3.8, 4) is 0 Å². The second-order valence-corrected chi connectivity index (χ2v) is 5.75. The topological polar surface area (TPSA) is 79.2 Å². The number of rotatable bonds is 4. The fourth-order valence-corrected chi connectivity index (χ4v) is 2.41. The first kappa shape index (κ1) is 16.6. The molecule has 0 amide bonds. The normalized spacial score (nSPS) is 20.7. The van der Waals surface area contributed by atoms with Crippen LogP contribution in [0.25, 0.3) is 0 Å². The highest BCUT2D eigenvalue weighted by Gasteiger charge is 2.48. The molecule has 0 saturated heterocycles. The first-order valence-corrected chi connectivity index (χ1v) is 7.28. The van der Waals surface area contributed by atoms with E-state index in [0.29, 0.717) is 10.7 Å². The van der Waals surface area contributed by atoms with Gasteiger partial charge in [-0.2, -0.15) is 5.10 Å².